The SMILES string of the molecule is Cc1ccc(Cl)c(Cc2sc(N)nc2C)c1. The fraction of sp³-hybridized carbons (Fsp3) is 0.250. The first kappa shape index (κ1) is 11.4. The fourth-order valence-electron chi connectivity index (χ4n) is 1.63. The monoisotopic (exact) mass is 252 g/mol. The molecule has 16 heavy (non-hydrogen) atoms. The van der Waals surface area contributed by atoms with Gasteiger partial charge < -0.3 is 5.73 Å². The molecule has 1 heterocycles. The number of nitrogen functional groups attached to an aromatic ring is 1. The number of hydrogen-bond acceptors (Lipinski definition) is 3. The van der Waals surface area contributed by atoms with Crippen molar-refractivity contribution < 1.29 is 0 Å². The lowest BCUT2D eigenvalue weighted by atomic mass is 10.1. The van der Waals surface area contributed by atoms with Crippen LogP contribution in [0.5, 0.6) is 0 Å². The summed E-state index contributed by atoms with van der Waals surface area (Å²) in [6, 6.07) is 6.06. The highest BCUT2D eigenvalue weighted by molar-refractivity contribution is 7.15. The zero-order chi connectivity index (χ0) is 11.7. The van der Waals surface area contributed by atoms with Crippen LogP contribution in [-0.4, -0.2) is 4.98 Å². The molecule has 0 atom stereocenters. The Morgan fingerprint density at radius 3 is 2.75 bits per heavy atom. The van der Waals surface area contributed by atoms with E-state index in [4.69, 9.17) is 17.3 Å². The maximum Gasteiger partial charge on any atom is 0.180 e. The number of thiazole rings is 1. The van der Waals surface area contributed by atoms with Gasteiger partial charge in [-0.05, 0) is 25.5 Å². The molecule has 0 aliphatic carbocycles. The summed E-state index contributed by atoms with van der Waals surface area (Å²) in [5.74, 6) is 0. The summed E-state index contributed by atoms with van der Waals surface area (Å²) in [4.78, 5) is 5.40. The lowest BCUT2D eigenvalue weighted by Crippen LogP contribution is -1.90. The van der Waals surface area contributed by atoms with Crippen LogP contribution in [0.15, 0.2) is 18.2 Å². The van der Waals surface area contributed by atoms with Crippen LogP contribution in [0, 0.1) is 13.8 Å². The number of rotatable bonds is 2. The summed E-state index contributed by atoms with van der Waals surface area (Å²) in [5.41, 5.74) is 9.03. The van der Waals surface area contributed by atoms with Gasteiger partial charge in [-0.1, -0.05) is 29.3 Å². The molecule has 0 aliphatic rings. The van der Waals surface area contributed by atoms with Crippen molar-refractivity contribution in [1.29, 1.82) is 0 Å². The Morgan fingerprint density at radius 1 is 1.38 bits per heavy atom. The second-order valence-electron chi connectivity index (χ2n) is 3.83. The maximum atomic E-state index is 6.16. The van der Waals surface area contributed by atoms with Crippen molar-refractivity contribution in [3.05, 3.63) is 44.9 Å². The van der Waals surface area contributed by atoms with E-state index < -0.39 is 0 Å². The van der Waals surface area contributed by atoms with E-state index in [1.165, 1.54) is 21.8 Å². The zero-order valence-electron chi connectivity index (χ0n) is 9.25. The maximum absolute atomic E-state index is 6.16. The molecule has 84 valence electrons. The van der Waals surface area contributed by atoms with Gasteiger partial charge in [0.1, 0.15) is 0 Å². The van der Waals surface area contributed by atoms with Gasteiger partial charge in [-0.2, -0.15) is 0 Å². The molecule has 2 N–H and O–H groups in total. The van der Waals surface area contributed by atoms with Crippen molar-refractivity contribution in [1.82, 2.24) is 4.98 Å². The van der Waals surface area contributed by atoms with E-state index in [0.717, 1.165) is 22.7 Å². The van der Waals surface area contributed by atoms with Crippen LogP contribution in [0.2, 0.25) is 5.02 Å². The predicted molar refractivity (Wildman–Crippen MR) is 70.3 cm³/mol. The summed E-state index contributed by atoms with van der Waals surface area (Å²) >= 11 is 7.69. The second kappa shape index (κ2) is 4.44. The van der Waals surface area contributed by atoms with E-state index in [0.29, 0.717) is 5.13 Å². The van der Waals surface area contributed by atoms with Crippen molar-refractivity contribution >= 4 is 28.1 Å². The fourth-order valence-corrected chi connectivity index (χ4v) is 2.67. The highest BCUT2D eigenvalue weighted by Gasteiger charge is 2.08. The standard InChI is InChI=1S/C12H13ClN2S/c1-7-3-4-10(13)9(5-7)6-11-8(2)15-12(14)16-11/h3-5H,6H2,1-2H3,(H2,14,15). The van der Waals surface area contributed by atoms with Gasteiger partial charge in [-0.15, -0.1) is 11.3 Å². The van der Waals surface area contributed by atoms with Gasteiger partial charge in [0.25, 0.3) is 0 Å². The van der Waals surface area contributed by atoms with Gasteiger partial charge in [0.2, 0.25) is 0 Å². The van der Waals surface area contributed by atoms with Gasteiger partial charge in [-0.3, -0.25) is 0 Å². The average Bonchev–Trinajstić information content (AvgIpc) is 2.51. The van der Waals surface area contributed by atoms with Crippen LogP contribution in [-0.2, 0) is 6.42 Å². The van der Waals surface area contributed by atoms with Gasteiger partial charge in [0.05, 0.1) is 5.69 Å². The molecule has 0 bridgehead atoms. The number of nitrogens with two attached hydrogens (primary N) is 1. The molecule has 2 aromatic rings. The summed E-state index contributed by atoms with van der Waals surface area (Å²) in [6.07, 6.45) is 0.807. The summed E-state index contributed by atoms with van der Waals surface area (Å²) < 4.78 is 0. The van der Waals surface area contributed by atoms with Gasteiger partial charge >= 0.3 is 0 Å². The number of benzene rings is 1. The Morgan fingerprint density at radius 2 is 2.12 bits per heavy atom. The summed E-state index contributed by atoms with van der Waals surface area (Å²) in [7, 11) is 0. The quantitative estimate of drug-likeness (QED) is 0.887. The van der Waals surface area contributed by atoms with Gasteiger partial charge in [-0.25, -0.2) is 4.98 Å². The molecule has 0 fully saturated rings. The average molecular weight is 253 g/mol. The molecule has 0 unspecified atom stereocenters. The minimum absolute atomic E-state index is 0.622. The minimum Gasteiger partial charge on any atom is -0.375 e. The highest BCUT2D eigenvalue weighted by Crippen LogP contribution is 2.26. The van der Waals surface area contributed by atoms with Crippen LogP contribution in [0.4, 0.5) is 5.13 Å². The van der Waals surface area contributed by atoms with E-state index in [2.05, 4.69) is 18.0 Å². The third-order valence-corrected chi connectivity index (χ3v) is 3.82. The second-order valence-corrected chi connectivity index (χ2v) is 5.35. The molecule has 2 nitrogen and oxygen atoms in total. The Hall–Kier alpha value is -1.06. The van der Waals surface area contributed by atoms with Crippen molar-refractivity contribution in [2.24, 2.45) is 0 Å². The van der Waals surface area contributed by atoms with Crippen LogP contribution < -0.4 is 5.73 Å². The zero-order valence-corrected chi connectivity index (χ0v) is 10.8. The number of aromatic nitrogens is 1. The number of nitrogens with zero attached hydrogens (tertiary/aromatic N) is 1. The molecule has 1 aromatic heterocycles. The Bertz CT molecular complexity index is 520. The number of halogens is 1. The van der Waals surface area contributed by atoms with Crippen molar-refractivity contribution in [2.75, 3.05) is 5.73 Å². The first-order valence-corrected chi connectivity index (χ1v) is 6.22. The molecule has 0 aliphatic heterocycles. The lowest BCUT2D eigenvalue weighted by molar-refractivity contribution is 1.15. The van der Waals surface area contributed by atoms with E-state index >= 15 is 0 Å². The molecular formula is C12H13ClN2S. The van der Waals surface area contributed by atoms with E-state index in [9.17, 15) is 0 Å². The van der Waals surface area contributed by atoms with Crippen molar-refractivity contribution in [3.8, 4) is 0 Å². The third-order valence-electron chi connectivity index (χ3n) is 2.46. The van der Waals surface area contributed by atoms with Crippen LogP contribution in [0.3, 0.4) is 0 Å². The molecule has 2 rings (SSSR count). The Kier molecular flexibility index (Phi) is 3.17. The normalized spacial score (nSPS) is 10.7. The molecule has 0 spiro atoms. The topological polar surface area (TPSA) is 38.9 Å². The van der Waals surface area contributed by atoms with Crippen LogP contribution in [0.1, 0.15) is 21.7 Å². The Balaban J connectivity index is 2.33. The van der Waals surface area contributed by atoms with Crippen molar-refractivity contribution in [2.45, 2.75) is 20.3 Å². The molecular weight excluding hydrogens is 240 g/mol. The first-order valence-electron chi connectivity index (χ1n) is 5.03. The number of anilines is 1. The minimum atomic E-state index is 0.622. The lowest BCUT2D eigenvalue weighted by Gasteiger charge is -2.04. The van der Waals surface area contributed by atoms with Crippen molar-refractivity contribution in [3.63, 3.8) is 0 Å². The predicted octanol–water partition coefficient (Wildman–Crippen LogP) is 3.59. The summed E-state index contributed by atoms with van der Waals surface area (Å²) in [6.45, 7) is 4.04. The van der Waals surface area contributed by atoms with E-state index in [-0.39, 0.29) is 0 Å². The van der Waals surface area contributed by atoms with Gasteiger partial charge in [0, 0.05) is 16.3 Å². The van der Waals surface area contributed by atoms with Crippen LogP contribution >= 0.6 is 22.9 Å². The molecule has 0 amide bonds. The molecule has 4 heteroatoms. The number of hydrogen-bond donors (Lipinski definition) is 1. The molecule has 0 saturated heterocycles. The third kappa shape index (κ3) is 2.36. The summed E-state index contributed by atoms with van der Waals surface area (Å²) in [5, 5.41) is 1.42. The molecule has 0 saturated carbocycles. The molecule has 0 radical (unpaired) electrons. The first-order chi connectivity index (χ1) is 7.56. The largest absolute Gasteiger partial charge is 0.375 e. The number of aryl methyl sites for hydroxylation is 2. The Labute approximate surface area is 104 Å². The van der Waals surface area contributed by atoms with E-state index in [1.807, 2.05) is 19.1 Å². The van der Waals surface area contributed by atoms with Gasteiger partial charge in [0.15, 0.2) is 5.13 Å². The van der Waals surface area contributed by atoms with Crippen LogP contribution in [0.25, 0.3) is 0 Å². The highest BCUT2D eigenvalue weighted by atomic mass is 35.5. The van der Waals surface area contributed by atoms with E-state index in [1.54, 1.807) is 0 Å². The smallest absolute Gasteiger partial charge is 0.180 e. The molecule has 1 aromatic carbocycles.